The average Bonchev–Trinajstić information content (AvgIpc) is 2.04. The van der Waals surface area contributed by atoms with E-state index in [9.17, 15) is 5.11 Å². The van der Waals surface area contributed by atoms with Gasteiger partial charge >= 0.3 is 0 Å². The van der Waals surface area contributed by atoms with E-state index in [1.807, 2.05) is 0 Å². The van der Waals surface area contributed by atoms with Crippen LogP contribution in [-0.4, -0.2) is 11.2 Å². The molecule has 13 heavy (non-hydrogen) atoms. The summed E-state index contributed by atoms with van der Waals surface area (Å²) in [4.78, 5) is 0. The van der Waals surface area contributed by atoms with E-state index < -0.39 is 0 Å². The second kappa shape index (κ2) is 4.80. The fraction of sp³-hybridized carbons (Fsp3) is 0.833. The Bertz CT molecular complexity index is 166. The van der Waals surface area contributed by atoms with E-state index in [2.05, 4.69) is 26.0 Å². The predicted molar refractivity (Wildman–Crippen MR) is 56.6 cm³/mol. The van der Waals surface area contributed by atoms with Gasteiger partial charge in [-0.2, -0.15) is 0 Å². The van der Waals surface area contributed by atoms with Crippen molar-refractivity contribution in [3.05, 3.63) is 12.2 Å². The number of allylic oxidation sites excluding steroid dienone is 1. The summed E-state index contributed by atoms with van der Waals surface area (Å²) in [5.41, 5.74) is 0.321. The molecule has 1 N–H and O–H groups in total. The molecule has 0 saturated heterocycles. The Hall–Kier alpha value is -0.300. The fourth-order valence-corrected chi connectivity index (χ4v) is 2.59. The Morgan fingerprint density at radius 3 is 2.38 bits per heavy atom. The molecule has 0 spiro atoms. The van der Waals surface area contributed by atoms with Crippen LogP contribution in [0.25, 0.3) is 0 Å². The number of rotatable bonds is 4. The first-order valence-electron chi connectivity index (χ1n) is 5.58. The lowest BCUT2D eigenvalue weighted by molar-refractivity contribution is 0.101. The van der Waals surface area contributed by atoms with Crippen molar-refractivity contribution < 1.29 is 5.11 Å². The summed E-state index contributed by atoms with van der Waals surface area (Å²) in [7, 11) is 0. The summed E-state index contributed by atoms with van der Waals surface area (Å²) in [5, 5.41) is 9.65. The quantitative estimate of drug-likeness (QED) is 0.661. The number of hydrogen-bond donors (Lipinski definition) is 1. The average molecular weight is 182 g/mol. The fourth-order valence-electron chi connectivity index (χ4n) is 2.59. The Morgan fingerprint density at radius 1 is 1.31 bits per heavy atom. The minimum Gasteiger partial charge on any atom is -0.393 e. The molecule has 0 heterocycles. The van der Waals surface area contributed by atoms with Crippen LogP contribution in [0.15, 0.2) is 12.2 Å². The van der Waals surface area contributed by atoms with E-state index in [4.69, 9.17) is 0 Å². The first kappa shape index (κ1) is 10.8. The molecule has 1 heteroatoms. The molecule has 1 atom stereocenters. The van der Waals surface area contributed by atoms with E-state index in [1.165, 1.54) is 25.7 Å². The summed E-state index contributed by atoms with van der Waals surface area (Å²) < 4.78 is 0. The molecule has 0 saturated carbocycles. The van der Waals surface area contributed by atoms with Gasteiger partial charge in [0, 0.05) is 0 Å². The molecule has 0 aliphatic heterocycles. The maximum atomic E-state index is 9.65. The minimum absolute atomic E-state index is 0.0944. The maximum Gasteiger partial charge on any atom is 0.0582 e. The van der Waals surface area contributed by atoms with Gasteiger partial charge in [0.1, 0.15) is 0 Å². The summed E-state index contributed by atoms with van der Waals surface area (Å²) >= 11 is 0. The number of aliphatic hydroxyl groups is 1. The van der Waals surface area contributed by atoms with Gasteiger partial charge in [-0.15, -0.1) is 0 Å². The van der Waals surface area contributed by atoms with Crippen molar-refractivity contribution in [3.8, 4) is 0 Å². The molecular formula is C12H22O. The molecule has 0 radical (unpaired) electrons. The monoisotopic (exact) mass is 182 g/mol. The molecule has 0 amide bonds. The van der Waals surface area contributed by atoms with Crippen molar-refractivity contribution in [1.82, 2.24) is 0 Å². The zero-order chi connectivity index (χ0) is 9.73. The van der Waals surface area contributed by atoms with Crippen LogP contribution in [0.1, 0.15) is 52.4 Å². The summed E-state index contributed by atoms with van der Waals surface area (Å²) in [6.45, 7) is 4.46. The maximum absolute atomic E-state index is 9.65. The van der Waals surface area contributed by atoms with Gasteiger partial charge in [-0.05, 0) is 31.1 Å². The van der Waals surface area contributed by atoms with Crippen molar-refractivity contribution in [1.29, 1.82) is 0 Å². The van der Waals surface area contributed by atoms with E-state index in [-0.39, 0.29) is 6.10 Å². The molecule has 1 aliphatic carbocycles. The Labute approximate surface area is 81.9 Å². The zero-order valence-electron chi connectivity index (χ0n) is 8.92. The molecular weight excluding hydrogens is 160 g/mol. The normalized spacial score (nSPS) is 26.2. The van der Waals surface area contributed by atoms with Crippen molar-refractivity contribution in [2.45, 2.75) is 58.5 Å². The van der Waals surface area contributed by atoms with Gasteiger partial charge in [0.25, 0.3) is 0 Å². The summed E-state index contributed by atoms with van der Waals surface area (Å²) in [5.74, 6) is 0. The number of hydrogen-bond acceptors (Lipinski definition) is 1. The smallest absolute Gasteiger partial charge is 0.0582 e. The van der Waals surface area contributed by atoms with Gasteiger partial charge < -0.3 is 5.11 Å². The molecule has 1 rings (SSSR count). The minimum atomic E-state index is -0.0944. The molecule has 0 aromatic heterocycles. The third kappa shape index (κ3) is 2.84. The molecule has 0 aromatic rings. The van der Waals surface area contributed by atoms with E-state index >= 15 is 0 Å². The molecule has 1 aliphatic rings. The van der Waals surface area contributed by atoms with E-state index in [1.54, 1.807) is 0 Å². The summed E-state index contributed by atoms with van der Waals surface area (Å²) in [6.07, 6.45) is 11.2. The third-order valence-corrected chi connectivity index (χ3v) is 3.02. The highest BCUT2D eigenvalue weighted by molar-refractivity contribution is 5.05. The molecule has 76 valence electrons. The van der Waals surface area contributed by atoms with Gasteiger partial charge in [0.05, 0.1) is 6.10 Å². The van der Waals surface area contributed by atoms with Gasteiger partial charge in [0.15, 0.2) is 0 Å². The van der Waals surface area contributed by atoms with E-state index in [0.29, 0.717) is 5.41 Å². The largest absolute Gasteiger partial charge is 0.393 e. The molecule has 1 nitrogen and oxygen atoms in total. The van der Waals surface area contributed by atoms with Gasteiger partial charge in [-0.1, -0.05) is 38.8 Å². The Kier molecular flexibility index (Phi) is 3.98. The number of aliphatic hydroxyl groups excluding tert-OH is 1. The topological polar surface area (TPSA) is 20.2 Å². The molecule has 0 aromatic carbocycles. The standard InChI is InChI=1S/C12H22O/c1-3-7-12(8-4-2)9-5-6-11(13)10-12/h5,9,11,13H,3-4,6-8,10H2,1-2H3. The SMILES string of the molecule is CCCC1(CCC)C=CCC(O)C1. The highest BCUT2D eigenvalue weighted by Crippen LogP contribution is 2.39. The predicted octanol–water partition coefficient (Wildman–Crippen LogP) is 3.28. The lowest BCUT2D eigenvalue weighted by atomic mass is 9.72. The zero-order valence-corrected chi connectivity index (χ0v) is 8.92. The summed E-state index contributed by atoms with van der Waals surface area (Å²) in [6, 6.07) is 0. The van der Waals surface area contributed by atoms with Crippen LogP contribution in [0.4, 0.5) is 0 Å². The van der Waals surface area contributed by atoms with Crippen LogP contribution >= 0.6 is 0 Å². The second-order valence-corrected chi connectivity index (χ2v) is 4.36. The van der Waals surface area contributed by atoms with Crippen molar-refractivity contribution in [3.63, 3.8) is 0 Å². The van der Waals surface area contributed by atoms with Crippen LogP contribution in [-0.2, 0) is 0 Å². The van der Waals surface area contributed by atoms with Gasteiger partial charge in [-0.3, -0.25) is 0 Å². The lowest BCUT2D eigenvalue weighted by Crippen LogP contribution is -2.27. The van der Waals surface area contributed by atoms with Crippen LogP contribution < -0.4 is 0 Å². The van der Waals surface area contributed by atoms with E-state index in [0.717, 1.165) is 12.8 Å². The molecule has 0 fully saturated rings. The van der Waals surface area contributed by atoms with Gasteiger partial charge in [-0.25, -0.2) is 0 Å². The lowest BCUT2D eigenvalue weighted by Gasteiger charge is -2.35. The first-order valence-corrected chi connectivity index (χ1v) is 5.58. The van der Waals surface area contributed by atoms with Crippen molar-refractivity contribution in [2.24, 2.45) is 5.41 Å². The highest BCUT2D eigenvalue weighted by atomic mass is 16.3. The van der Waals surface area contributed by atoms with Crippen LogP contribution in [0.5, 0.6) is 0 Å². The van der Waals surface area contributed by atoms with Crippen molar-refractivity contribution in [2.75, 3.05) is 0 Å². The van der Waals surface area contributed by atoms with Crippen molar-refractivity contribution >= 4 is 0 Å². The third-order valence-electron chi connectivity index (χ3n) is 3.02. The Morgan fingerprint density at radius 2 is 1.92 bits per heavy atom. The van der Waals surface area contributed by atoms with Crippen LogP contribution in [0.2, 0.25) is 0 Å². The molecule has 1 unspecified atom stereocenters. The molecule has 0 bridgehead atoms. The highest BCUT2D eigenvalue weighted by Gasteiger charge is 2.30. The van der Waals surface area contributed by atoms with Crippen LogP contribution in [0, 0.1) is 5.41 Å². The van der Waals surface area contributed by atoms with Crippen LogP contribution in [0.3, 0.4) is 0 Å². The van der Waals surface area contributed by atoms with Gasteiger partial charge in [0.2, 0.25) is 0 Å². The second-order valence-electron chi connectivity index (χ2n) is 4.36. The Balaban J connectivity index is 2.64. The first-order chi connectivity index (χ1) is 6.22.